The van der Waals surface area contributed by atoms with E-state index < -0.39 is 16.1 Å². The summed E-state index contributed by atoms with van der Waals surface area (Å²) in [6, 6.07) is 3.20. The van der Waals surface area contributed by atoms with Gasteiger partial charge in [-0.05, 0) is 38.5 Å². The Labute approximate surface area is 141 Å². The number of rotatable bonds is 7. The Balaban J connectivity index is 2.83. The van der Waals surface area contributed by atoms with Gasteiger partial charge in [0.15, 0.2) is 0 Å². The minimum Gasteiger partial charge on any atom is -0.352 e. The molecule has 0 fully saturated rings. The fourth-order valence-electron chi connectivity index (χ4n) is 1.91. The minimum absolute atomic E-state index is 0.0146. The Morgan fingerprint density at radius 3 is 2.50 bits per heavy atom. The van der Waals surface area contributed by atoms with Gasteiger partial charge in [0, 0.05) is 11.1 Å². The van der Waals surface area contributed by atoms with Gasteiger partial charge in [-0.3, -0.25) is 4.79 Å². The standard InChI is InChI=1S/C14H20Cl2N2O3S/c1-4-5-9(2)17-14(19)10(3)18-22(20,21)13-8-11(15)6-7-12(13)16/h6-10,18H,4-5H2,1-3H3,(H,17,19)/t9-,10+/m1/s1. The van der Waals surface area contributed by atoms with Crippen molar-refractivity contribution in [3.05, 3.63) is 28.2 Å². The Morgan fingerprint density at radius 1 is 1.27 bits per heavy atom. The maximum absolute atomic E-state index is 12.3. The average molecular weight is 367 g/mol. The lowest BCUT2D eigenvalue weighted by Crippen LogP contribution is -2.47. The van der Waals surface area contributed by atoms with Gasteiger partial charge in [-0.2, -0.15) is 4.72 Å². The molecule has 2 atom stereocenters. The van der Waals surface area contributed by atoms with Crippen LogP contribution in [0.3, 0.4) is 0 Å². The van der Waals surface area contributed by atoms with Crippen LogP contribution in [0, 0.1) is 0 Å². The third-order valence-electron chi connectivity index (χ3n) is 3.02. The Bertz CT molecular complexity index is 635. The zero-order chi connectivity index (χ0) is 16.9. The third-order valence-corrected chi connectivity index (χ3v) is 5.28. The Morgan fingerprint density at radius 2 is 1.91 bits per heavy atom. The highest BCUT2D eigenvalue weighted by Gasteiger charge is 2.24. The van der Waals surface area contributed by atoms with Gasteiger partial charge in [-0.1, -0.05) is 36.5 Å². The Hall–Kier alpha value is -0.820. The molecule has 0 bridgehead atoms. The second kappa shape index (κ2) is 8.15. The van der Waals surface area contributed by atoms with E-state index in [9.17, 15) is 13.2 Å². The van der Waals surface area contributed by atoms with E-state index in [2.05, 4.69) is 10.0 Å². The molecule has 0 aromatic heterocycles. The van der Waals surface area contributed by atoms with Gasteiger partial charge in [-0.25, -0.2) is 8.42 Å². The fourth-order valence-corrected chi connectivity index (χ4v) is 3.87. The Kier molecular flexibility index (Phi) is 7.12. The van der Waals surface area contributed by atoms with Crippen LogP contribution in [0.4, 0.5) is 0 Å². The molecular formula is C14H20Cl2N2O3S. The first-order valence-electron chi connectivity index (χ1n) is 6.95. The zero-order valence-corrected chi connectivity index (χ0v) is 15.0. The van der Waals surface area contributed by atoms with Crippen LogP contribution in [0.2, 0.25) is 10.0 Å². The highest BCUT2D eigenvalue weighted by atomic mass is 35.5. The first-order valence-corrected chi connectivity index (χ1v) is 9.19. The summed E-state index contributed by atoms with van der Waals surface area (Å²) in [6.07, 6.45) is 1.75. The molecule has 0 unspecified atom stereocenters. The lowest BCUT2D eigenvalue weighted by molar-refractivity contribution is -0.123. The van der Waals surface area contributed by atoms with Crippen molar-refractivity contribution in [2.75, 3.05) is 0 Å². The minimum atomic E-state index is -3.93. The number of amides is 1. The number of nitrogens with one attached hydrogen (secondary N) is 2. The summed E-state index contributed by atoms with van der Waals surface area (Å²) in [6.45, 7) is 5.36. The fraction of sp³-hybridized carbons (Fsp3) is 0.500. The van der Waals surface area contributed by atoms with Crippen molar-refractivity contribution in [1.82, 2.24) is 10.0 Å². The predicted molar refractivity (Wildman–Crippen MR) is 88.8 cm³/mol. The molecule has 0 aliphatic rings. The van der Waals surface area contributed by atoms with Crippen molar-refractivity contribution in [1.29, 1.82) is 0 Å². The van der Waals surface area contributed by atoms with Gasteiger partial charge in [-0.15, -0.1) is 0 Å². The van der Waals surface area contributed by atoms with Gasteiger partial charge in [0.2, 0.25) is 15.9 Å². The molecule has 124 valence electrons. The van der Waals surface area contributed by atoms with E-state index in [1.807, 2.05) is 13.8 Å². The van der Waals surface area contributed by atoms with Crippen LogP contribution in [0.25, 0.3) is 0 Å². The van der Waals surface area contributed by atoms with E-state index >= 15 is 0 Å². The average Bonchev–Trinajstić information content (AvgIpc) is 2.41. The molecule has 22 heavy (non-hydrogen) atoms. The zero-order valence-electron chi connectivity index (χ0n) is 12.7. The monoisotopic (exact) mass is 366 g/mol. The molecule has 0 saturated carbocycles. The summed E-state index contributed by atoms with van der Waals surface area (Å²) in [7, 11) is -3.93. The van der Waals surface area contributed by atoms with Crippen LogP contribution in [0.1, 0.15) is 33.6 Å². The van der Waals surface area contributed by atoms with E-state index in [-0.39, 0.29) is 26.9 Å². The first kappa shape index (κ1) is 19.2. The smallest absolute Gasteiger partial charge is 0.242 e. The SMILES string of the molecule is CCC[C@@H](C)NC(=O)[C@H](C)NS(=O)(=O)c1cc(Cl)ccc1Cl. The van der Waals surface area contributed by atoms with Crippen LogP contribution in [-0.4, -0.2) is 26.4 Å². The summed E-state index contributed by atoms with van der Waals surface area (Å²) in [5.74, 6) is -0.386. The maximum Gasteiger partial charge on any atom is 0.242 e. The molecule has 2 N–H and O–H groups in total. The summed E-state index contributed by atoms with van der Waals surface area (Å²) in [5, 5.41) is 3.05. The summed E-state index contributed by atoms with van der Waals surface area (Å²) >= 11 is 11.7. The van der Waals surface area contributed by atoms with Crippen LogP contribution < -0.4 is 10.0 Å². The normalized spacial score (nSPS) is 14.4. The van der Waals surface area contributed by atoms with E-state index in [4.69, 9.17) is 23.2 Å². The number of sulfonamides is 1. The quantitative estimate of drug-likeness (QED) is 0.778. The highest BCUT2D eigenvalue weighted by Crippen LogP contribution is 2.24. The third kappa shape index (κ3) is 5.43. The number of benzene rings is 1. The maximum atomic E-state index is 12.3. The van der Waals surface area contributed by atoms with Gasteiger partial charge < -0.3 is 5.32 Å². The molecule has 1 aromatic carbocycles. The second-order valence-corrected chi connectivity index (χ2v) is 7.64. The topological polar surface area (TPSA) is 75.3 Å². The van der Waals surface area contributed by atoms with Crippen LogP contribution in [0.5, 0.6) is 0 Å². The molecule has 0 aliphatic carbocycles. The van der Waals surface area contributed by atoms with Crippen LogP contribution in [-0.2, 0) is 14.8 Å². The van der Waals surface area contributed by atoms with E-state index in [1.165, 1.54) is 25.1 Å². The predicted octanol–water partition coefficient (Wildman–Crippen LogP) is 2.97. The lowest BCUT2D eigenvalue weighted by Gasteiger charge is -2.18. The van der Waals surface area contributed by atoms with E-state index in [0.29, 0.717) is 0 Å². The summed E-state index contributed by atoms with van der Waals surface area (Å²) in [4.78, 5) is 11.8. The number of halogens is 2. The molecule has 8 heteroatoms. The van der Waals surface area contributed by atoms with Gasteiger partial charge >= 0.3 is 0 Å². The molecular weight excluding hydrogens is 347 g/mol. The molecule has 1 amide bonds. The molecule has 1 aromatic rings. The van der Waals surface area contributed by atoms with Crippen molar-refractivity contribution < 1.29 is 13.2 Å². The summed E-state index contributed by atoms with van der Waals surface area (Å²) in [5.41, 5.74) is 0. The molecule has 0 aliphatic heterocycles. The van der Waals surface area contributed by atoms with Crippen molar-refractivity contribution in [3.8, 4) is 0 Å². The molecule has 0 radical (unpaired) electrons. The second-order valence-electron chi connectivity index (χ2n) is 5.12. The molecule has 1 rings (SSSR count). The van der Waals surface area contributed by atoms with Crippen molar-refractivity contribution in [2.24, 2.45) is 0 Å². The molecule has 0 spiro atoms. The number of hydrogen-bond acceptors (Lipinski definition) is 3. The van der Waals surface area contributed by atoms with Crippen molar-refractivity contribution in [3.63, 3.8) is 0 Å². The number of carbonyl (C=O) groups is 1. The molecule has 0 saturated heterocycles. The van der Waals surface area contributed by atoms with Gasteiger partial charge in [0.05, 0.1) is 11.1 Å². The first-order chi connectivity index (χ1) is 10.2. The van der Waals surface area contributed by atoms with Gasteiger partial charge in [0.1, 0.15) is 4.90 Å². The molecule has 0 heterocycles. The van der Waals surface area contributed by atoms with Crippen molar-refractivity contribution in [2.45, 2.75) is 50.6 Å². The number of hydrogen-bond donors (Lipinski definition) is 2. The lowest BCUT2D eigenvalue weighted by atomic mass is 10.2. The largest absolute Gasteiger partial charge is 0.352 e. The highest BCUT2D eigenvalue weighted by molar-refractivity contribution is 7.89. The van der Waals surface area contributed by atoms with E-state index in [1.54, 1.807) is 0 Å². The van der Waals surface area contributed by atoms with Crippen LogP contribution in [0.15, 0.2) is 23.1 Å². The van der Waals surface area contributed by atoms with Crippen molar-refractivity contribution >= 4 is 39.1 Å². The molecule has 5 nitrogen and oxygen atoms in total. The summed E-state index contributed by atoms with van der Waals surface area (Å²) < 4.78 is 26.9. The van der Waals surface area contributed by atoms with E-state index in [0.717, 1.165) is 12.8 Å². The van der Waals surface area contributed by atoms with Crippen LogP contribution >= 0.6 is 23.2 Å². The number of carbonyl (C=O) groups excluding carboxylic acids is 1. The van der Waals surface area contributed by atoms with Gasteiger partial charge in [0.25, 0.3) is 0 Å².